The van der Waals surface area contributed by atoms with Crippen molar-refractivity contribution >= 4 is 46.2 Å². The zero-order chi connectivity index (χ0) is 26.7. The van der Waals surface area contributed by atoms with Crippen LogP contribution < -0.4 is 4.74 Å². The van der Waals surface area contributed by atoms with Crippen molar-refractivity contribution in [2.75, 3.05) is 7.11 Å². The van der Waals surface area contributed by atoms with Crippen molar-refractivity contribution in [3.05, 3.63) is 74.6 Å². The maximum absolute atomic E-state index is 12.8. The maximum Gasteiger partial charge on any atom is 0.416 e. The van der Waals surface area contributed by atoms with E-state index in [1.54, 1.807) is 12.1 Å². The molecule has 3 rings (SSSR count). The van der Waals surface area contributed by atoms with E-state index in [-0.39, 0.29) is 15.8 Å². The lowest BCUT2D eigenvalue weighted by molar-refractivity contribution is -0.152. The highest BCUT2D eigenvalue weighted by atomic mass is 35.5. The lowest BCUT2D eigenvalue weighted by atomic mass is 10.1. The third kappa shape index (κ3) is 6.52. The Morgan fingerprint density at radius 2 is 1.69 bits per heavy atom. The standard InChI is InChI=1S/C25H22Cl2F3NO4S/c1-24(2,23(32)33)35-18-11-7-15(21(26)22(18)27)6-10-17(31-34-3)20-13-12-19(36-20)14-4-8-16(9-5-14)25(28,29)30/h4-5,7-9,11-13H,6,10H2,1-3H3,(H,32,33). The molecule has 36 heavy (non-hydrogen) atoms. The first-order valence-corrected chi connectivity index (χ1v) is 12.2. The van der Waals surface area contributed by atoms with Crippen LogP contribution in [0.5, 0.6) is 5.75 Å². The molecule has 0 saturated carbocycles. The number of hydrogen-bond acceptors (Lipinski definition) is 5. The normalized spacial score (nSPS) is 12.5. The van der Waals surface area contributed by atoms with Gasteiger partial charge in [-0.1, -0.05) is 46.6 Å². The van der Waals surface area contributed by atoms with Crippen molar-refractivity contribution in [2.45, 2.75) is 38.5 Å². The number of carboxylic acid groups (broad SMARTS) is 1. The molecule has 3 aromatic rings. The van der Waals surface area contributed by atoms with Crippen LogP contribution in [0.25, 0.3) is 10.4 Å². The van der Waals surface area contributed by atoms with E-state index in [1.165, 1.54) is 44.4 Å². The monoisotopic (exact) mass is 559 g/mol. The largest absolute Gasteiger partial charge is 0.478 e. The van der Waals surface area contributed by atoms with E-state index in [0.29, 0.717) is 29.7 Å². The molecule has 0 aliphatic carbocycles. The first kappa shape index (κ1) is 27.8. The van der Waals surface area contributed by atoms with Crippen molar-refractivity contribution in [3.8, 4) is 16.2 Å². The van der Waals surface area contributed by atoms with Gasteiger partial charge in [-0.15, -0.1) is 11.3 Å². The van der Waals surface area contributed by atoms with Gasteiger partial charge in [0, 0.05) is 4.88 Å². The number of halogens is 5. The quantitative estimate of drug-likeness (QED) is 0.213. The molecule has 1 aromatic heterocycles. The Morgan fingerprint density at radius 3 is 2.28 bits per heavy atom. The van der Waals surface area contributed by atoms with Gasteiger partial charge in [0.15, 0.2) is 5.60 Å². The Balaban J connectivity index is 1.77. The van der Waals surface area contributed by atoms with E-state index in [2.05, 4.69) is 5.16 Å². The molecule has 1 heterocycles. The van der Waals surface area contributed by atoms with E-state index in [0.717, 1.165) is 21.9 Å². The lowest BCUT2D eigenvalue weighted by Gasteiger charge is -2.23. The number of alkyl halides is 3. The predicted molar refractivity (Wildman–Crippen MR) is 135 cm³/mol. The Bertz CT molecular complexity index is 1270. The zero-order valence-corrected chi connectivity index (χ0v) is 21.8. The van der Waals surface area contributed by atoms with Gasteiger partial charge in [-0.3, -0.25) is 0 Å². The van der Waals surface area contributed by atoms with E-state index < -0.39 is 23.3 Å². The van der Waals surface area contributed by atoms with Crippen molar-refractivity contribution in [2.24, 2.45) is 5.16 Å². The molecule has 192 valence electrons. The summed E-state index contributed by atoms with van der Waals surface area (Å²) in [5, 5.41) is 13.7. The van der Waals surface area contributed by atoms with Crippen molar-refractivity contribution in [1.82, 2.24) is 0 Å². The summed E-state index contributed by atoms with van der Waals surface area (Å²) in [5.41, 5.74) is -0.212. The molecular weight excluding hydrogens is 538 g/mol. The maximum atomic E-state index is 12.8. The Labute approximate surface area is 220 Å². The van der Waals surface area contributed by atoms with Gasteiger partial charge in [0.1, 0.15) is 17.9 Å². The van der Waals surface area contributed by atoms with E-state index in [9.17, 15) is 23.1 Å². The highest BCUT2D eigenvalue weighted by molar-refractivity contribution is 7.17. The van der Waals surface area contributed by atoms with Crippen LogP contribution in [0.2, 0.25) is 10.0 Å². The zero-order valence-electron chi connectivity index (χ0n) is 19.5. The molecule has 0 bridgehead atoms. The SMILES string of the molecule is CON=C(CCc1ccc(OC(C)(C)C(=O)O)c(Cl)c1Cl)c1ccc(-c2ccc(C(F)(F)F)cc2)s1. The third-order valence-electron chi connectivity index (χ3n) is 5.23. The molecule has 0 unspecified atom stereocenters. The molecule has 1 N–H and O–H groups in total. The van der Waals surface area contributed by atoms with Crippen LogP contribution in [0.4, 0.5) is 13.2 Å². The van der Waals surface area contributed by atoms with Gasteiger partial charge in [0.25, 0.3) is 0 Å². The first-order chi connectivity index (χ1) is 16.8. The van der Waals surface area contributed by atoms with Crippen molar-refractivity contribution < 1.29 is 32.6 Å². The second kappa shape index (κ2) is 11.1. The summed E-state index contributed by atoms with van der Waals surface area (Å²) in [7, 11) is 1.42. The number of rotatable bonds is 9. The fourth-order valence-corrected chi connectivity index (χ4v) is 4.70. The average Bonchev–Trinajstić information content (AvgIpc) is 3.30. The number of carboxylic acids is 1. The van der Waals surface area contributed by atoms with E-state index in [4.69, 9.17) is 32.8 Å². The molecule has 0 aliphatic rings. The number of thiophene rings is 1. The summed E-state index contributed by atoms with van der Waals surface area (Å²) in [5.74, 6) is -0.992. The number of carbonyl (C=O) groups is 1. The number of aliphatic carboxylic acids is 1. The fraction of sp³-hybridized carbons (Fsp3) is 0.280. The molecular formula is C25H22Cl2F3NO4S. The minimum Gasteiger partial charge on any atom is -0.478 e. The molecule has 0 aliphatic heterocycles. The minimum atomic E-state index is -4.39. The molecule has 0 spiro atoms. The van der Waals surface area contributed by atoms with Crippen LogP contribution in [0.1, 0.15) is 36.3 Å². The van der Waals surface area contributed by atoms with Crippen LogP contribution in [-0.4, -0.2) is 29.5 Å². The summed E-state index contributed by atoms with van der Waals surface area (Å²) < 4.78 is 44.1. The van der Waals surface area contributed by atoms with Gasteiger partial charge in [0.05, 0.1) is 21.2 Å². The second-order valence-corrected chi connectivity index (χ2v) is 10.1. The summed E-state index contributed by atoms with van der Waals surface area (Å²) in [6, 6.07) is 11.9. The Hall–Kier alpha value is -2.75. The highest BCUT2D eigenvalue weighted by Crippen LogP contribution is 2.38. The second-order valence-electron chi connectivity index (χ2n) is 8.23. The van der Waals surface area contributed by atoms with Crippen molar-refractivity contribution in [3.63, 3.8) is 0 Å². The van der Waals surface area contributed by atoms with Gasteiger partial charge in [-0.25, -0.2) is 4.79 Å². The lowest BCUT2D eigenvalue weighted by Crippen LogP contribution is -2.38. The number of oxime groups is 1. The number of hydrogen-bond donors (Lipinski definition) is 1. The van der Waals surface area contributed by atoms with E-state index in [1.807, 2.05) is 12.1 Å². The number of aryl methyl sites for hydroxylation is 1. The van der Waals surface area contributed by atoms with Gasteiger partial charge >= 0.3 is 12.1 Å². The van der Waals surface area contributed by atoms with Crippen LogP contribution in [0, 0.1) is 0 Å². The number of ether oxygens (including phenoxy) is 1. The van der Waals surface area contributed by atoms with Crippen molar-refractivity contribution in [1.29, 1.82) is 0 Å². The molecule has 11 heteroatoms. The fourth-order valence-electron chi connectivity index (χ4n) is 3.21. The number of nitrogens with zero attached hydrogens (tertiary/aromatic N) is 1. The van der Waals surface area contributed by atoms with Gasteiger partial charge in [0.2, 0.25) is 0 Å². The first-order valence-electron chi connectivity index (χ1n) is 10.6. The number of benzene rings is 2. The summed E-state index contributed by atoms with van der Waals surface area (Å²) in [6.07, 6.45) is -3.52. The molecule has 0 fully saturated rings. The van der Waals surface area contributed by atoms with Crippen LogP contribution in [0.15, 0.2) is 53.7 Å². The Kier molecular flexibility index (Phi) is 8.59. The average molecular weight is 560 g/mol. The van der Waals surface area contributed by atoms with Crippen LogP contribution in [0.3, 0.4) is 0 Å². The van der Waals surface area contributed by atoms with Crippen LogP contribution in [-0.2, 0) is 22.2 Å². The summed E-state index contributed by atoms with van der Waals surface area (Å²) >= 11 is 14.1. The third-order valence-corrected chi connectivity index (χ3v) is 7.31. The molecule has 2 aromatic carbocycles. The minimum absolute atomic E-state index is 0.106. The summed E-state index contributed by atoms with van der Waals surface area (Å²) in [6.45, 7) is 2.81. The molecule has 0 amide bonds. The molecule has 5 nitrogen and oxygen atoms in total. The highest BCUT2D eigenvalue weighted by Gasteiger charge is 2.31. The smallest absolute Gasteiger partial charge is 0.416 e. The topological polar surface area (TPSA) is 68.1 Å². The molecule has 0 atom stereocenters. The van der Waals surface area contributed by atoms with Gasteiger partial charge in [-0.2, -0.15) is 13.2 Å². The molecule has 0 radical (unpaired) electrons. The molecule has 0 saturated heterocycles. The van der Waals surface area contributed by atoms with Gasteiger partial charge in [-0.05, 0) is 68.1 Å². The van der Waals surface area contributed by atoms with Crippen LogP contribution >= 0.6 is 34.5 Å². The summed E-state index contributed by atoms with van der Waals surface area (Å²) in [4.78, 5) is 17.9. The Morgan fingerprint density at radius 1 is 1.03 bits per heavy atom. The van der Waals surface area contributed by atoms with Gasteiger partial charge < -0.3 is 14.7 Å². The predicted octanol–water partition coefficient (Wildman–Crippen LogP) is 7.97. The van der Waals surface area contributed by atoms with E-state index >= 15 is 0 Å².